The average molecular weight is 336 g/mol. The Bertz CT molecular complexity index is 612. The first-order chi connectivity index (χ1) is 11.5. The fraction of sp³-hybridized carbons (Fsp3) is 0.471. The second-order valence-corrected chi connectivity index (χ2v) is 5.46. The monoisotopic (exact) mass is 336 g/mol. The molecule has 0 atom stereocenters. The van der Waals surface area contributed by atoms with Gasteiger partial charge in [-0.15, -0.1) is 0 Å². The van der Waals surface area contributed by atoms with Gasteiger partial charge in [-0.1, -0.05) is 12.1 Å². The van der Waals surface area contributed by atoms with Crippen LogP contribution in [0.3, 0.4) is 0 Å². The van der Waals surface area contributed by atoms with Gasteiger partial charge in [0.25, 0.3) is 5.91 Å². The lowest BCUT2D eigenvalue weighted by Gasteiger charge is -2.34. The summed E-state index contributed by atoms with van der Waals surface area (Å²) in [5, 5.41) is 0. The van der Waals surface area contributed by atoms with Crippen LogP contribution >= 0.6 is 0 Å². The molecule has 2 amide bonds. The van der Waals surface area contributed by atoms with Gasteiger partial charge in [0, 0.05) is 32.6 Å². The van der Waals surface area contributed by atoms with Crippen LogP contribution in [0.5, 0.6) is 0 Å². The smallest absolute Gasteiger partial charge is 0.306 e. The van der Waals surface area contributed by atoms with E-state index in [2.05, 4.69) is 0 Å². The molecule has 130 valence electrons. The Morgan fingerprint density at radius 3 is 2.29 bits per heavy atom. The van der Waals surface area contributed by atoms with Crippen molar-refractivity contribution in [2.24, 2.45) is 0 Å². The van der Waals surface area contributed by atoms with Gasteiger partial charge in [-0.2, -0.15) is 0 Å². The fourth-order valence-electron chi connectivity index (χ4n) is 2.56. The van der Waals surface area contributed by atoms with Crippen molar-refractivity contribution in [1.29, 1.82) is 0 Å². The molecule has 0 aromatic heterocycles. The van der Waals surface area contributed by atoms with Crippen LogP contribution in [0.2, 0.25) is 0 Å². The fourth-order valence-corrected chi connectivity index (χ4v) is 2.56. The van der Waals surface area contributed by atoms with E-state index < -0.39 is 5.82 Å². The molecule has 1 aromatic carbocycles. The molecule has 2 rings (SSSR count). The number of nitrogens with zero attached hydrogens (tertiary/aromatic N) is 2. The first-order valence-corrected chi connectivity index (χ1v) is 8.00. The van der Waals surface area contributed by atoms with Crippen LogP contribution in [0.25, 0.3) is 0 Å². The van der Waals surface area contributed by atoms with Crippen LogP contribution < -0.4 is 0 Å². The van der Waals surface area contributed by atoms with Crippen molar-refractivity contribution >= 4 is 17.8 Å². The summed E-state index contributed by atoms with van der Waals surface area (Å²) in [6, 6.07) is 5.86. The average Bonchev–Trinajstić information content (AvgIpc) is 2.60. The summed E-state index contributed by atoms with van der Waals surface area (Å²) >= 11 is 0. The SMILES string of the molecule is CCOC(=O)CCC(=O)N1CCN(C(=O)c2ccccc2F)CC1. The molecule has 6 nitrogen and oxygen atoms in total. The third-order valence-corrected chi connectivity index (χ3v) is 3.87. The molecular weight excluding hydrogens is 315 g/mol. The minimum Gasteiger partial charge on any atom is -0.466 e. The molecular formula is C17H21FN2O4. The number of benzene rings is 1. The van der Waals surface area contributed by atoms with Crippen molar-refractivity contribution in [2.45, 2.75) is 19.8 Å². The molecule has 1 saturated heterocycles. The Hall–Kier alpha value is -2.44. The molecule has 0 unspecified atom stereocenters. The highest BCUT2D eigenvalue weighted by molar-refractivity contribution is 5.94. The molecule has 0 saturated carbocycles. The normalized spacial score (nSPS) is 14.4. The van der Waals surface area contributed by atoms with E-state index in [-0.39, 0.29) is 36.2 Å². The van der Waals surface area contributed by atoms with Crippen molar-refractivity contribution in [1.82, 2.24) is 9.80 Å². The molecule has 1 heterocycles. The lowest BCUT2D eigenvalue weighted by molar-refractivity contribution is -0.146. The first kappa shape index (κ1) is 17.9. The highest BCUT2D eigenvalue weighted by atomic mass is 19.1. The van der Waals surface area contributed by atoms with Gasteiger partial charge in [0.1, 0.15) is 5.82 Å². The quantitative estimate of drug-likeness (QED) is 0.764. The zero-order chi connectivity index (χ0) is 17.5. The lowest BCUT2D eigenvalue weighted by Crippen LogP contribution is -2.50. The van der Waals surface area contributed by atoms with E-state index in [1.165, 1.54) is 23.1 Å². The molecule has 1 aliphatic heterocycles. The number of hydrogen-bond donors (Lipinski definition) is 0. The van der Waals surface area contributed by atoms with Gasteiger partial charge in [0.05, 0.1) is 18.6 Å². The number of ether oxygens (including phenoxy) is 1. The van der Waals surface area contributed by atoms with Crippen LogP contribution in [-0.4, -0.2) is 60.4 Å². The van der Waals surface area contributed by atoms with Crippen LogP contribution in [0.4, 0.5) is 4.39 Å². The van der Waals surface area contributed by atoms with E-state index in [9.17, 15) is 18.8 Å². The highest BCUT2D eigenvalue weighted by Crippen LogP contribution is 2.13. The molecule has 0 N–H and O–H groups in total. The maximum absolute atomic E-state index is 13.7. The van der Waals surface area contributed by atoms with E-state index in [0.717, 1.165) is 0 Å². The van der Waals surface area contributed by atoms with Crippen molar-refractivity contribution < 1.29 is 23.5 Å². The number of rotatable bonds is 5. The minimum atomic E-state index is -0.546. The number of carbonyl (C=O) groups is 3. The first-order valence-electron chi connectivity index (χ1n) is 8.00. The van der Waals surface area contributed by atoms with Gasteiger partial charge in [-0.25, -0.2) is 4.39 Å². The number of carbonyl (C=O) groups excluding carboxylic acids is 3. The van der Waals surface area contributed by atoms with Gasteiger partial charge in [-0.3, -0.25) is 14.4 Å². The van der Waals surface area contributed by atoms with Crippen LogP contribution in [0.15, 0.2) is 24.3 Å². The Morgan fingerprint density at radius 2 is 1.67 bits per heavy atom. The summed E-state index contributed by atoms with van der Waals surface area (Å²) in [5.74, 6) is -1.44. The second kappa shape index (κ2) is 8.42. The number of hydrogen-bond acceptors (Lipinski definition) is 4. The molecule has 24 heavy (non-hydrogen) atoms. The third kappa shape index (κ3) is 4.53. The summed E-state index contributed by atoms with van der Waals surface area (Å²) in [4.78, 5) is 38.8. The Kier molecular flexibility index (Phi) is 6.28. The van der Waals surface area contributed by atoms with Gasteiger partial charge in [0.2, 0.25) is 5.91 Å². The van der Waals surface area contributed by atoms with Gasteiger partial charge >= 0.3 is 5.97 Å². The van der Waals surface area contributed by atoms with Crippen LogP contribution in [0, 0.1) is 5.82 Å². The van der Waals surface area contributed by atoms with Crippen molar-refractivity contribution in [3.05, 3.63) is 35.6 Å². The van der Waals surface area contributed by atoms with E-state index in [4.69, 9.17) is 4.74 Å². The van der Waals surface area contributed by atoms with Gasteiger partial charge in [-0.05, 0) is 19.1 Å². The Labute approximate surface area is 140 Å². The van der Waals surface area contributed by atoms with E-state index in [1.54, 1.807) is 17.9 Å². The second-order valence-electron chi connectivity index (χ2n) is 5.46. The third-order valence-electron chi connectivity index (χ3n) is 3.87. The van der Waals surface area contributed by atoms with Gasteiger partial charge in [0.15, 0.2) is 0 Å². The summed E-state index contributed by atoms with van der Waals surface area (Å²) in [6.07, 6.45) is 0.154. The largest absolute Gasteiger partial charge is 0.466 e. The molecule has 7 heteroatoms. The van der Waals surface area contributed by atoms with E-state index in [1.807, 2.05) is 0 Å². The van der Waals surface area contributed by atoms with E-state index in [0.29, 0.717) is 32.8 Å². The van der Waals surface area contributed by atoms with Crippen LogP contribution in [0.1, 0.15) is 30.1 Å². The lowest BCUT2D eigenvalue weighted by atomic mass is 10.1. The molecule has 1 aliphatic rings. The summed E-state index contributed by atoms with van der Waals surface area (Å²) in [6.45, 7) is 3.45. The zero-order valence-corrected chi connectivity index (χ0v) is 13.7. The predicted octanol–water partition coefficient (Wildman–Crippen LogP) is 1.45. The topological polar surface area (TPSA) is 66.9 Å². The molecule has 0 spiro atoms. The Morgan fingerprint density at radius 1 is 1.04 bits per heavy atom. The van der Waals surface area contributed by atoms with Crippen molar-refractivity contribution in [3.8, 4) is 0 Å². The predicted molar refractivity (Wildman–Crippen MR) is 84.8 cm³/mol. The summed E-state index contributed by atoms with van der Waals surface area (Å²) in [7, 11) is 0. The number of esters is 1. The maximum Gasteiger partial charge on any atom is 0.306 e. The zero-order valence-electron chi connectivity index (χ0n) is 13.7. The van der Waals surface area contributed by atoms with Gasteiger partial charge < -0.3 is 14.5 Å². The number of halogens is 1. The van der Waals surface area contributed by atoms with Crippen molar-refractivity contribution in [3.63, 3.8) is 0 Å². The number of amides is 2. The maximum atomic E-state index is 13.7. The Balaban J connectivity index is 1.83. The molecule has 0 bridgehead atoms. The molecule has 1 fully saturated rings. The summed E-state index contributed by atoms with van der Waals surface area (Å²) in [5.41, 5.74) is 0.0413. The summed E-state index contributed by atoms with van der Waals surface area (Å²) < 4.78 is 18.5. The molecule has 0 radical (unpaired) electrons. The minimum absolute atomic E-state index is 0.0413. The highest BCUT2D eigenvalue weighted by Gasteiger charge is 2.26. The van der Waals surface area contributed by atoms with Crippen molar-refractivity contribution in [2.75, 3.05) is 32.8 Å². The molecule has 0 aliphatic carbocycles. The number of piperazine rings is 1. The van der Waals surface area contributed by atoms with Crippen LogP contribution in [-0.2, 0) is 14.3 Å². The standard InChI is InChI=1S/C17H21FN2O4/c1-2-24-16(22)8-7-15(21)19-9-11-20(12-10-19)17(23)13-5-3-4-6-14(13)18/h3-6H,2,7-12H2,1H3. The van der Waals surface area contributed by atoms with E-state index >= 15 is 0 Å². The molecule has 1 aromatic rings.